The van der Waals surface area contributed by atoms with E-state index in [0.29, 0.717) is 5.82 Å². The number of aromatic nitrogens is 2. The first-order valence-electron chi connectivity index (χ1n) is 3.51. The van der Waals surface area contributed by atoms with Gasteiger partial charge in [-0.2, -0.15) is 5.10 Å². The lowest BCUT2D eigenvalue weighted by Gasteiger charge is -1.83. The molecule has 0 aromatic carbocycles. The van der Waals surface area contributed by atoms with Crippen LogP contribution in [0, 0.1) is 0 Å². The van der Waals surface area contributed by atoms with Crippen molar-refractivity contribution in [3.05, 3.63) is 18.3 Å². The smallest absolute Gasteiger partial charge is 0.154 e. The topological polar surface area (TPSA) is 41.0 Å². The number of nitrogens with one attached hydrogen (secondary N) is 1. The van der Waals surface area contributed by atoms with E-state index >= 15 is 0 Å². The highest BCUT2D eigenvalue weighted by Gasteiger charge is 1.94. The molecule has 0 radical (unpaired) electrons. The fourth-order valence-corrected chi connectivity index (χ4v) is 0.565. The van der Waals surface area contributed by atoms with Crippen molar-refractivity contribution in [3.63, 3.8) is 0 Å². The third-order valence-electron chi connectivity index (χ3n) is 1.03. The Hall–Kier alpha value is -1.38. The Bertz CT molecular complexity index is 207. The maximum absolute atomic E-state index is 3.73. The lowest BCUT2D eigenvalue weighted by atomic mass is 10.3. The minimum atomic E-state index is 0. The first kappa shape index (κ1) is 9.62. The zero-order valence-corrected chi connectivity index (χ0v) is 6.96. The van der Waals surface area contributed by atoms with Crippen molar-refractivity contribution < 1.29 is 1.43 Å². The van der Waals surface area contributed by atoms with Crippen LogP contribution in [0.15, 0.2) is 17.8 Å². The van der Waals surface area contributed by atoms with Gasteiger partial charge in [-0.1, -0.05) is 26.5 Å². The molecule has 62 valence electrons. The van der Waals surface area contributed by atoms with Crippen LogP contribution in [0.3, 0.4) is 0 Å². The minimum absolute atomic E-state index is 0. The predicted molar refractivity (Wildman–Crippen MR) is 51.3 cm³/mol. The summed E-state index contributed by atoms with van der Waals surface area (Å²) in [5, 5.41) is 6.39. The number of hydrogen-bond donors (Lipinski definition) is 1. The van der Waals surface area contributed by atoms with Crippen LogP contribution in [0.25, 0.3) is 6.08 Å². The molecule has 0 aliphatic heterocycles. The molecule has 0 unspecified atom stereocenters. The minimum Gasteiger partial charge on any atom is -0.261 e. The van der Waals surface area contributed by atoms with E-state index in [1.165, 1.54) is 0 Å². The molecule has 0 atom stereocenters. The number of aromatic amines is 1. The Morgan fingerprint density at radius 3 is 2.73 bits per heavy atom. The molecule has 0 bridgehead atoms. The molecule has 0 aliphatic rings. The summed E-state index contributed by atoms with van der Waals surface area (Å²) in [6, 6.07) is 0. The van der Waals surface area contributed by atoms with Gasteiger partial charge in [0.25, 0.3) is 0 Å². The summed E-state index contributed by atoms with van der Waals surface area (Å²) in [5.74, 6) is 0.671. The lowest BCUT2D eigenvalue weighted by molar-refractivity contribution is 1.08. The number of rotatable bonds is 2. The van der Waals surface area contributed by atoms with Crippen LogP contribution in [0.1, 0.15) is 20.8 Å². The standard InChI is InChI=1S/C6H7N3.C2H6.H2/c1-3-5-4-8-9-6(5)7-2;1-2;/h3-4H,1-2H2,(H,8,9);1-2H3;1H. The van der Waals surface area contributed by atoms with Gasteiger partial charge in [-0.3, -0.25) is 5.10 Å². The largest absolute Gasteiger partial charge is 0.261 e. The van der Waals surface area contributed by atoms with Crippen LogP contribution in [0.4, 0.5) is 5.82 Å². The Kier molecular flexibility index (Phi) is 4.73. The van der Waals surface area contributed by atoms with Crippen molar-refractivity contribution in [1.82, 2.24) is 10.2 Å². The summed E-state index contributed by atoms with van der Waals surface area (Å²) in [6.45, 7) is 10.9. The molecule has 1 aromatic heterocycles. The van der Waals surface area contributed by atoms with Crippen LogP contribution in [-0.4, -0.2) is 16.9 Å². The number of nitrogens with zero attached hydrogens (tertiary/aromatic N) is 2. The van der Waals surface area contributed by atoms with Gasteiger partial charge in [0.1, 0.15) is 0 Å². The highest BCUT2D eigenvalue weighted by atomic mass is 15.2. The van der Waals surface area contributed by atoms with Gasteiger partial charge in [-0.25, -0.2) is 4.99 Å². The molecule has 1 heterocycles. The molecule has 0 saturated carbocycles. The van der Waals surface area contributed by atoms with Gasteiger partial charge in [-0.15, -0.1) is 0 Å². The van der Waals surface area contributed by atoms with Crippen molar-refractivity contribution in [2.45, 2.75) is 13.8 Å². The summed E-state index contributed by atoms with van der Waals surface area (Å²) in [6.07, 6.45) is 3.32. The molecular weight excluding hydrogens is 138 g/mol. The van der Waals surface area contributed by atoms with Gasteiger partial charge >= 0.3 is 0 Å². The summed E-state index contributed by atoms with van der Waals surface area (Å²) in [7, 11) is 0. The van der Waals surface area contributed by atoms with Gasteiger partial charge in [0.2, 0.25) is 0 Å². The lowest BCUT2D eigenvalue weighted by Crippen LogP contribution is -1.64. The van der Waals surface area contributed by atoms with E-state index in [2.05, 4.69) is 28.5 Å². The highest BCUT2D eigenvalue weighted by Crippen LogP contribution is 2.13. The Balaban J connectivity index is 0. The molecule has 1 aromatic rings. The Morgan fingerprint density at radius 1 is 1.73 bits per heavy atom. The number of H-pyrrole nitrogens is 1. The van der Waals surface area contributed by atoms with Gasteiger partial charge in [0.05, 0.1) is 6.20 Å². The van der Waals surface area contributed by atoms with Gasteiger partial charge in [0.15, 0.2) is 5.82 Å². The predicted octanol–water partition coefficient (Wildman–Crippen LogP) is 2.66. The number of aliphatic imine (C=N–C) groups is 1. The van der Waals surface area contributed by atoms with E-state index in [-0.39, 0.29) is 1.43 Å². The first-order valence-corrected chi connectivity index (χ1v) is 3.51. The molecule has 1 rings (SSSR count). The third kappa shape index (κ3) is 2.37. The van der Waals surface area contributed by atoms with Crippen LogP contribution < -0.4 is 0 Å². The van der Waals surface area contributed by atoms with Crippen molar-refractivity contribution in [2.75, 3.05) is 0 Å². The van der Waals surface area contributed by atoms with Gasteiger partial charge in [-0.05, 0) is 6.72 Å². The van der Waals surface area contributed by atoms with Crippen LogP contribution in [-0.2, 0) is 0 Å². The van der Waals surface area contributed by atoms with Crippen LogP contribution in [0.2, 0.25) is 0 Å². The Labute approximate surface area is 68.3 Å². The average Bonchev–Trinajstić information content (AvgIpc) is 2.54. The SMILES string of the molecule is C=Cc1cn[nH]c1N=C.CC.[HH]. The van der Waals surface area contributed by atoms with E-state index in [1.807, 2.05) is 13.8 Å². The third-order valence-corrected chi connectivity index (χ3v) is 1.03. The summed E-state index contributed by atoms with van der Waals surface area (Å²) >= 11 is 0. The van der Waals surface area contributed by atoms with Gasteiger partial charge < -0.3 is 0 Å². The zero-order valence-electron chi connectivity index (χ0n) is 6.96. The molecule has 3 heteroatoms. The highest BCUT2D eigenvalue weighted by molar-refractivity contribution is 5.59. The van der Waals surface area contributed by atoms with E-state index in [0.717, 1.165) is 5.56 Å². The molecule has 0 saturated heterocycles. The van der Waals surface area contributed by atoms with E-state index in [1.54, 1.807) is 12.3 Å². The molecule has 1 N–H and O–H groups in total. The summed E-state index contributed by atoms with van der Waals surface area (Å²) < 4.78 is 0. The average molecular weight is 153 g/mol. The van der Waals surface area contributed by atoms with Gasteiger partial charge in [0, 0.05) is 6.99 Å². The van der Waals surface area contributed by atoms with E-state index < -0.39 is 0 Å². The molecule has 0 amide bonds. The summed E-state index contributed by atoms with van der Waals surface area (Å²) in [5.41, 5.74) is 0.880. The first-order chi connectivity index (χ1) is 5.38. The molecule has 0 aliphatic carbocycles. The van der Waals surface area contributed by atoms with Crippen LogP contribution >= 0.6 is 0 Å². The fourth-order valence-electron chi connectivity index (χ4n) is 0.565. The second-order valence-electron chi connectivity index (χ2n) is 1.54. The fraction of sp³-hybridized carbons (Fsp3) is 0.250. The second-order valence-corrected chi connectivity index (χ2v) is 1.54. The van der Waals surface area contributed by atoms with E-state index in [4.69, 9.17) is 0 Å². The van der Waals surface area contributed by atoms with E-state index in [9.17, 15) is 0 Å². The normalized spacial score (nSPS) is 7.82. The quantitative estimate of drug-likeness (QED) is 0.652. The summed E-state index contributed by atoms with van der Waals surface area (Å²) in [4.78, 5) is 3.66. The zero-order chi connectivity index (χ0) is 8.69. The maximum atomic E-state index is 3.73. The molecular formula is C8H15N3. The maximum Gasteiger partial charge on any atom is 0.154 e. The molecule has 0 spiro atoms. The second kappa shape index (κ2) is 5.41. The van der Waals surface area contributed by atoms with Crippen LogP contribution in [0.5, 0.6) is 0 Å². The monoisotopic (exact) mass is 153 g/mol. The molecule has 11 heavy (non-hydrogen) atoms. The van der Waals surface area contributed by atoms with Crippen molar-refractivity contribution in [3.8, 4) is 0 Å². The van der Waals surface area contributed by atoms with Crippen molar-refractivity contribution >= 4 is 18.6 Å². The van der Waals surface area contributed by atoms with Crippen molar-refractivity contribution in [2.24, 2.45) is 4.99 Å². The van der Waals surface area contributed by atoms with Crippen molar-refractivity contribution in [1.29, 1.82) is 0 Å². The number of hydrogen-bond acceptors (Lipinski definition) is 2. The Morgan fingerprint density at radius 2 is 2.36 bits per heavy atom. The molecule has 3 nitrogen and oxygen atoms in total. The molecule has 0 fully saturated rings.